The zero-order chi connectivity index (χ0) is 17.3. The van der Waals surface area contributed by atoms with E-state index in [-0.39, 0.29) is 24.2 Å². The molecule has 2 aromatic carbocycles. The molecule has 1 heterocycles. The first-order valence-corrected chi connectivity index (χ1v) is 7.81. The van der Waals surface area contributed by atoms with Crippen LogP contribution in [0.1, 0.15) is 18.5 Å². The van der Waals surface area contributed by atoms with Gasteiger partial charge in [0.05, 0.1) is 6.04 Å². The van der Waals surface area contributed by atoms with Crippen molar-refractivity contribution in [1.82, 2.24) is 19.2 Å². The van der Waals surface area contributed by atoms with Gasteiger partial charge < -0.3 is 4.90 Å². The van der Waals surface area contributed by atoms with Gasteiger partial charge in [0.25, 0.3) is 0 Å². The van der Waals surface area contributed by atoms with Crippen LogP contribution in [0.15, 0.2) is 53.6 Å². The van der Waals surface area contributed by atoms with E-state index in [2.05, 4.69) is 23.3 Å². The first-order chi connectivity index (χ1) is 11.5. The summed E-state index contributed by atoms with van der Waals surface area (Å²) in [6.07, 6.45) is 1.41. The topological polar surface area (TPSA) is 60.1 Å². The molecule has 0 saturated carbocycles. The van der Waals surface area contributed by atoms with Crippen LogP contribution in [0.4, 0.5) is 0 Å². The molecule has 1 aromatic heterocycles. The van der Waals surface area contributed by atoms with E-state index >= 15 is 0 Å². The van der Waals surface area contributed by atoms with Gasteiger partial charge in [0.15, 0.2) is 0 Å². The zero-order valence-corrected chi connectivity index (χ0v) is 14.0. The van der Waals surface area contributed by atoms with Crippen molar-refractivity contribution >= 4 is 16.7 Å². The summed E-state index contributed by atoms with van der Waals surface area (Å²) in [5, 5.41) is 6.21. The Morgan fingerprint density at radius 3 is 2.62 bits per heavy atom. The van der Waals surface area contributed by atoms with Crippen LogP contribution in [0.2, 0.25) is 0 Å². The Balaban J connectivity index is 1.85. The molecule has 1 amide bonds. The minimum Gasteiger partial charge on any atom is -0.337 e. The monoisotopic (exact) mass is 324 g/mol. The van der Waals surface area contributed by atoms with Crippen molar-refractivity contribution in [2.75, 3.05) is 7.05 Å². The molecule has 0 aliphatic rings. The van der Waals surface area contributed by atoms with Gasteiger partial charge in [-0.2, -0.15) is 5.10 Å². The third-order valence-electron chi connectivity index (χ3n) is 4.42. The molecule has 0 aliphatic carbocycles. The van der Waals surface area contributed by atoms with E-state index in [1.165, 1.54) is 15.6 Å². The lowest BCUT2D eigenvalue weighted by Gasteiger charge is -2.26. The van der Waals surface area contributed by atoms with Gasteiger partial charge in [-0.15, -0.1) is 0 Å². The fraction of sp³-hybridized carbons (Fsp3) is 0.278. The van der Waals surface area contributed by atoms with Crippen LogP contribution in [-0.4, -0.2) is 32.2 Å². The highest BCUT2D eigenvalue weighted by atomic mass is 16.2. The Hall–Kier alpha value is -2.89. The van der Waals surface area contributed by atoms with Crippen LogP contribution >= 0.6 is 0 Å². The number of aryl methyl sites for hydroxylation is 1. The van der Waals surface area contributed by atoms with Gasteiger partial charge in [-0.05, 0) is 23.3 Å². The van der Waals surface area contributed by atoms with E-state index in [0.29, 0.717) is 0 Å². The maximum Gasteiger partial charge on any atom is 0.345 e. The van der Waals surface area contributed by atoms with Crippen molar-refractivity contribution in [3.05, 3.63) is 64.8 Å². The lowest BCUT2D eigenvalue weighted by molar-refractivity contribution is -0.132. The van der Waals surface area contributed by atoms with Gasteiger partial charge in [-0.3, -0.25) is 9.36 Å². The summed E-state index contributed by atoms with van der Waals surface area (Å²) in [5.41, 5.74) is 0.784. The standard InChI is InChI=1S/C18H20N4O2/c1-13(15-10-6-8-14-7-4-5-9-16(14)15)21(3)17(23)11-22-18(24)20(2)12-19-22/h4-10,12-13H,11H2,1-3H3/t13-/m0/s1. The molecular weight excluding hydrogens is 304 g/mol. The normalized spacial score (nSPS) is 12.3. The van der Waals surface area contributed by atoms with Gasteiger partial charge in [-0.25, -0.2) is 9.48 Å². The maximum absolute atomic E-state index is 12.5. The predicted octanol–water partition coefficient (Wildman–Crippen LogP) is 1.95. The zero-order valence-electron chi connectivity index (χ0n) is 14.0. The molecule has 24 heavy (non-hydrogen) atoms. The summed E-state index contributed by atoms with van der Waals surface area (Å²) in [6.45, 7) is 1.92. The van der Waals surface area contributed by atoms with Crippen LogP contribution in [0.3, 0.4) is 0 Å². The van der Waals surface area contributed by atoms with E-state index < -0.39 is 0 Å². The predicted molar refractivity (Wildman–Crippen MR) is 92.6 cm³/mol. The van der Waals surface area contributed by atoms with E-state index in [1.54, 1.807) is 19.0 Å². The summed E-state index contributed by atoms with van der Waals surface area (Å²) in [5.74, 6) is -0.156. The Morgan fingerprint density at radius 1 is 1.21 bits per heavy atom. The van der Waals surface area contributed by atoms with Crippen LogP contribution < -0.4 is 5.69 Å². The third-order valence-corrected chi connectivity index (χ3v) is 4.42. The minimum absolute atomic E-state index is 0.0642. The Bertz CT molecular complexity index is 936. The second-order valence-electron chi connectivity index (χ2n) is 5.93. The molecule has 0 spiro atoms. The number of fused-ring (bicyclic) bond motifs is 1. The molecule has 0 bridgehead atoms. The Kier molecular flexibility index (Phi) is 4.20. The van der Waals surface area contributed by atoms with Gasteiger partial charge in [0, 0.05) is 14.1 Å². The fourth-order valence-electron chi connectivity index (χ4n) is 2.81. The number of aromatic nitrogens is 3. The molecule has 6 heteroatoms. The summed E-state index contributed by atoms with van der Waals surface area (Å²) >= 11 is 0. The number of hydrogen-bond donors (Lipinski definition) is 0. The SMILES string of the molecule is C[C@@H](c1cccc2ccccc12)N(C)C(=O)Cn1ncn(C)c1=O. The first kappa shape index (κ1) is 16.0. The quantitative estimate of drug-likeness (QED) is 0.737. The number of amides is 1. The summed E-state index contributed by atoms with van der Waals surface area (Å²) < 4.78 is 2.52. The molecular formula is C18H20N4O2. The second-order valence-corrected chi connectivity index (χ2v) is 5.93. The number of rotatable bonds is 4. The highest BCUT2D eigenvalue weighted by molar-refractivity contribution is 5.86. The van der Waals surface area contributed by atoms with E-state index in [4.69, 9.17) is 0 Å². The van der Waals surface area contributed by atoms with Crippen molar-refractivity contribution < 1.29 is 4.79 Å². The van der Waals surface area contributed by atoms with Crippen molar-refractivity contribution in [3.63, 3.8) is 0 Å². The number of nitrogens with zero attached hydrogens (tertiary/aromatic N) is 4. The van der Waals surface area contributed by atoms with Crippen molar-refractivity contribution in [2.45, 2.75) is 19.5 Å². The molecule has 3 aromatic rings. The number of likely N-dealkylation sites (N-methyl/N-ethyl adjacent to an activating group) is 1. The second kappa shape index (κ2) is 6.31. The third kappa shape index (κ3) is 2.82. The number of hydrogen-bond acceptors (Lipinski definition) is 3. The first-order valence-electron chi connectivity index (χ1n) is 7.81. The van der Waals surface area contributed by atoms with Crippen LogP contribution in [0, 0.1) is 0 Å². The Labute approximate surface area is 139 Å². The molecule has 0 saturated heterocycles. The minimum atomic E-state index is -0.297. The molecule has 0 N–H and O–H groups in total. The fourth-order valence-corrected chi connectivity index (χ4v) is 2.81. The summed E-state index contributed by atoms with van der Waals surface area (Å²) in [6, 6.07) is 14.1. The molecule has 6 nitrogen and oxygen atoms in total. The number of benzene rings is 2. The van der Waals surface area contributed by atoms with E-state index in [9.17, 15) is 9.59 Å². The van der Waals surface area contributed by atoms with Crippen molar-refractivity contribution in [1.29, 1.82) is 0 Å². The van der Waals surface area contributed by atoms with E-state index in [0.717, 1.165) is 16.3 Å². The van der Waals surface area contributed by atoms with Crippen molar-refractivity contribution in [3.8, 4) is 0 Å². The molecule has 0 aliphatic heterocycles. The lowest BCUT2D eigenvalue weighted by Crippen LogP contribution is -2.36. The summed E-state index contributed by atoms with van der Waals surface area (Å²) in [7, 11) is 3.36. The highest BCUT2D eigenvalue weighted by Gasteiger charge is 2.20. The molecule has 0 radical (unpaired) electrons. The van der Waals surface area contributed by atoms with Crippen molar-refractivity contribution in [2.24, 2.45) is 7.05 Å². The Morgan fingerprint density at radius 2 is 1.92 bits per heavy atom. The number of carbonyl (C=O) groups is 1. The van der Waals surface area contributed by atoms with Gasteiger partial charge in [0.2, 0.25) is 5.91 Å². The highest BCUT2D eigenvalue weighted by Crippen LogP contribution is 2.27. The molecule has 3 rings (SSSR count). The van der Waals surface area contributed by atoms with Crippen LogP contribution in [0.5, 0.6) is 0 Å². The van der Waals surface area contributed by atoms with Gasteiger partial charge >= 0.3 is 5.69 Å². The number of carbonyl (C=O) groups excluding carboxylic acids is 1. The van der Waals surface area contributed by atoms with Gasteiger partial charge in [-0.1, -0.05) is 42.5 Å². The molecule has 1 atom stereocenters. The average Bonchev–Trinajstić information content (AvgIpc) is 2.92. The lowest BCUT2D eigenvalue weighted by atomic mass is 9.99. The van der Waals surface area contributed by atoms with E-state index in [1.807, 2.05) is 31.2 Å². The molecule has 0 unspecified atom stereocenters. The largest absolute Gasteiger partial charge is 0.345 e. The maximum atomic E-state index is 12.5. The molecule has 124 valence electrons. The average molecular weight is 324 g/mol. The van der Waals surface area contributed by atoms with Crippen LogP contribution in [-0.2, 0) is 18.4 Å². The molecule has 0 fully saturated rings. The smallest absolute Gasteiger partial charge is 0.337 e. The van der Waals surface area contributed by atoms with Crippen LogP contribution in [0.25, 0.3) is 10.8 Å². The summed E-state index contributed by atoms with van der Waals surface area (Å²) in [4.78, 5) is 26.0. The van der Waals surface area contributed by atoms with Gasteiger partial charge in [0.1, 0.15) is 12.9 Å².